The van der Waals surface area contributed by atoms with E-state index in [0.29, 0.717) is 70.2 Å². The zero-order chi connectivity index (χ0) is 32.2. The number of fused-ring (bicyclic) bond motifs is 2. The third-order valence-electron chi connectivity index (χ3n) is 7.97. The van der Waals surface area contributed by atoms with Gasteiger partial charge in [0.2, 0.25) is 13.6 Å². The second kappa shape index (κ2) is 13.4. The smallest absolute Gasteiger partial charge is 0.231 e. The Hall–Kier alpha value is -5.20. The molecule has 2 atom stereocenters. The molecule has 2 aliphatic heterocycles. The summed E-state index contributed by atoms with van der Waals surface area (Å²) in [4.78, 5) is 0. The van der Waals surface area contributed by atoms with Crippen LogP contribution in [0, 0.1) is 0 Å². The third-order valence-corrected chi connectivity index (χ3v) is 7.97. The van der Waals surface area contributed by atoms with Crippen molar-refractivity contribution < 1.29 is 48.1 Å². The van der Waals surface area contributed by atoms with Crippen LogP contribution in [0.5, 0.6) is 57.5 Å². The summed E-state index contributed by atoms with van der Waals surface area (Å²) < 4.78 is 44.2. The molecule has 46 heavy (non-hydrogen) atoms. The van der Waals surface area contributed by atoms with Crippen LogP contribution in [0.4, 0.5) is 0 Å². The van der Waals surface area contributed by atoms with Crippen LogP contribution in [0.15, 0.2) is 60.7 Å². The average molecular weight is 633 g/mol. The van der Waals surface area contributed by atoms with E-state index in [4.69, 9.17) is 37.9 Å². The van der Waals surface area contributed by atoms with Crippen molar-refractivity contribution in [1.29, 1.82) is 0 Å². The highest BCUT2D eigenvalue weighted by molar-refractivity contribution is 5.57. The Morgan fingerprint density at radius 3 is 1.28 bits per heavy atom. The summed E-state index contributed by atoms with van der Waals surface area (Å²) in [5.41, 5.74) is 2.86. The van der Waals surface area contributed by atoms with Gasteiger partial charge in [0.05, 0.1) is 40.5 Å². The van der Waals surface area contributed by atoms with Gasteiger partial charge >= 0.3 is 0 Å². The Kier molecular flexibility index (Phi) is 8.99. The summed E-state index contributed by atoms with van der Waals surface area (Å²) >= 11 is 0. The quantitative estimate of drug-likeness (QED) is 0.153. The third kappa shape index (κ3) is 6.04. The lowest BCUT2D eigenvalue weighted by Crippen LogP contribution is -2.33. The lowest BCUT2D eigenvalue weighted by atomic mass is 9.96. The molecule has 0 unspecified atom stereocenters. The zero-order valence-corrected chi connectivity index (χ0v) is 25.9. The maximum Gasteiger partial charge on any atom is 0.231 e. The van der Waals surface area contributed by atoms with E-state index in [1.54, 1.807) is 52.7 Å². The highest BCUT2D eigenvalue weighted by atomic mass is 16.7. The largest absolute Gasteiger partial charge is 0.507 e. The summed E-state index contributed by atoms with van der Waals surface area (Å²) in [6.45, 7) is 1.06. The molecule has 2 aliphatic rings. The molecule has 4 N–H and O–H groups in total. The molecule has 0 fully saturated rings. The molecule has 0 spiro atoms. The van der Waals surface area contributed by atoms with Gasteiger partial charge in [-0.2, -0.15) is 0 Å². The molecule has 12 heteroatoms. The molecule has 0 aromatic heterocycles. The molecule has 0 saturated heterocycles. The standard InChI is InChI=1S/C34H36N2O10/c1-39-25-7-5-19(11-27(25)41-3)33(21-13-29-31(15-23(21)37)45-17-43-29)35-9-10-36-34(20-6-8-26(40-2)28(12-20)42-4)22-14-30-32(16-24(22)38)46-18-44-30/h5-8,11-16,33-38H,9-10,17-18H2,1-4H3/t33-,34-/m0/s1. The average Bonchev–Trinajstić information content (AvgIpc) is 3.74. The first-order chi connectivity index (χ1) is 22.4. The molecule has 0 saturated carbocycles. The van der Waals surface area contributed by atoms with E-state index in [-0.39, 0.29) is 25.1 Å². The van der Waals surface area contributed by atoms with Crippen molar-refractivity contribution in [3.63, 3.8) is 0 Å². The second-order valence-corrected chi connectivity index (χ2v) is 10.5. The number of methoxy groups -OCH3 is 4. The predicted octanol–water partition coefficient (Wildman–Crippen LogP) is 4.65. The van der Waals surface area contributed by atoms with Crippen molar-refractivity contribution in [3.05, 3.63) is 82.9 Å². The molecule has 4 aromatic rings. The summed E-state index contributed by atoms with van der Waals surface area (Å²) in [5, 5.41) is 29.2. The Morgan fingerprint density at radius 1 is 0.543 bits per heavy atom. The van der Waals surface area contributed by atoms with Crippen LogP contribution in [-0.2, 0) is 0 Å². The van der Waals surface area contributed by atoms with Gasteiger partial charge in [-0.1, -0.05) is 12.1 Å². The summed E-state index contributed by atoms with van der Waals surface area (Å²) in [5.74, 6) is 4.44. The fraction of sp³-hybridized carbons (Fsp3) is 0.294. The summed E-state index contributed by atoms with van der Waals surface area (Å²) in [6.07, 6.45) is 0. The highest BCUT2D eigenvalue weighted by Gasteiger charge is 2.27. The maximum atomic E-state index is 11.1. The van der Waals surface area contributed by atoms with Gasteiger partial charge in [0.1, 0.15) is 11.5 Å². The highest BCUT2D eigenvalue weighted by Crippen LogP contribution is 2.44. The Balaban J connectivity index is 1.29. The SMILES string of the molecule is COc1ccc([C@H](NCCN[C@@H](c2ccc(OC)c(OC)c2)c2cc3c(cc2O)OCO3)c2cc3c(cc2O)OCO3)cc1OC. The van der Waals surface area contributed by atoms with Gasteiger partial charge in [-0.3, -0.25) is 0 Å². The van der Waals surface area contributed by atoms with Crippen molar-refractivity contribution in [1.82, 2.24) is 10.6 Å². The zero-order valence-electron chi connectivity index (χ0n) is 25.9. The number of ether oxygens (including phenoxy) is 8. The molecule has 2 heterocycles. The minimum Gasteiger partial charge on any atom is -0.507 e. The molecule has 0 bridgehead atoms. The topological polar surface area (TPSA) is 138 Å². The maximum absolute atomic E-state index is 11.1. The molecule has 0 radical (unpaired) electrons. The molecule has 12 nitrogen and oxygen atoms in total. The van der Waals surface area contributed by atoms with Gasteiger partial charge in [-0.25, -0.2) is 0 Å². The first kappa shape index (κ1) is 30.8. The number of hydrogen-bond acceptors (Lipinski definition) is 12. The van der Waals surface area contributed by atoms with Gasteiger partial charge in [0.25, 0.3) is 0 Å². The molecule has 4 aromatic carbocycles. The van der Waals surface area contributed by atoms with E-state index in [0.717, 1.165) is 11.1 Å². The van der Waals surface area contributed by atoms with Crippen molar-refractivity contribution >= 4 is 0 Å². The molecular weight excluding hydrogens is 596 g/mol. The van der Waals surface area contributed by atoms with Crippen LogP contribution in [0.25, 0.3) is 0 Å². The van der Waals surface area contributed by atoms with E-state index >= 15 is 0 Å². The van der Waals surface area contributed by atoms with Crippen LogP contribution >= 0.6 is 0 Å². The monoisotopic (exact) mass is 632 g/mol. The Bertz CT molecular complexity index is 1590. The van der Waals surface area contributed by atoms with Crippen molar-refractivity contribution in [2.24, 2.45) is 0 Å². The van der Waals surface area contributed by atoms with Crippen LogP contribution in [-0.4, -0.2) is 65.3 Å². The Labute approximate surface area is 266 Å². The molecular formula is C34H36N2O10. The summed E-state index contributed by atoms with van der Waals surface area (Å²) in [7, 11) is 6.31. The first-order valence-corrected chi connectivity index (χ1v) is 14.6. The van der Waals surface area contributed by atoms with Crippen LogP contribution in [0.3, 0.4) is 0 Å². The number of phenolic OH excluding ortho intramolecular Hbond substituents is 2. The molecule has 242 valence electrons. The van der Waals surface area contributed by atoms with Gasteiger partial charge in [-0.05, 0) is 47.5 Å². The van der Waals surface area contributed by atoms with E-state index in [1.807, 2.05) is 36.4 Å². The number of phenols is 2. The van der Waals surface area contributed by atoms with E-state index < -0.39 is 12.1 Å². The lowest BCUT2D eigenvalue weighted by Gasteiger charge is -2.25. The number of nitrogens with one attached hydrogen (secondary N) is 2. The fourth-order valence-corrected chi connectivity index (χ4v) is 5.67. The van der Waals surface area contributed by atoms with Crippen LogP contribution < -0.4 is 48.5 Å². The minimum atomic E-state index is -0.463. The number of hydrogen-bond donors (Lipinski definition) is 4. The van der Waals surface area contributed by atoms with Crippen molar-refractivity contribution in [2.45, 2.75) is 12.1 Å². The lowest BCUT2D eigenvalue weighted by molar-refractivity contribution is 0.173. The fourth-order valence-electron chi connectivity index (χ4n) is 5.67. The number of benzene rings is 4. The molecule has 0 amide bonds. The Morgan fingerprint density at radius 2 is 0.913 bits per heavy atom. The molecule has 0 aliphatic carbocycles. The van der Waals surface area contributed by atoms with Gasteiger partial charge in [-0.15, -0.1) is 0 Å². The van der Waals surface area contributed by atoms with Crippen LogP contribution in [0.1, 0.15) is 34.3 Å². The van der Waals surface area contributed by atoms with E-state index in [2.05, 4.69) is 10.6 Å². The van der Waals surface area contributed by atoms with Crippen LogP contribution in [0.2, 0.25) is 0 Å². The van der Waals surface area contributed by atoms with Gasteiger partial charge in [0, 0.05) is 36.3 Å². The van der Waals surface area contributed by atoms with Gasteiger partial charge in [0.15, 0.2) is 46.0 Å². The number of rotatable bonds is 13. The normalized spacial score (nSPS) is 14.1. The summed E-state index contributed by atoms with van der Waals surface area (Å²) in [6, 6.07) is 16.9. The first-order valence-electron chi connectivity index (χ1n) is 14.6. The second-order valence-electron chi connectivity index (χ2n) is 10.5. The van der Waals surface area contributed by atoms with Crippen molar-refractivity contribution in [3.8, 4) is 57.5 Å². The van der Waals surface area contributed by atoms with Crippen molar-refractivity contribution in [2.75, 3.05) is 55.1 Å². The van der Waals surface area contributed by atoms with E-state index in [9.17, 15) is 10.2 Å². The minimum absolute atomic E-state index is 0.0537. The van der Waals surface area contributed by atoms with E-state index in [1.165, 1.54) is 0 Å². The van der Waals surface area contributed by atoms with Gasteiger partial charge < -0.3 is 58.7 Å². The molecule has 6 rings (SSSR count). The predicted molar refractivity (Wildman–Crippen MR) is 167 cm³/mol. The number of aromatic hydroxyl groups is 2.